The first kappa shape index (κ1) is 26.7. The Morgan fingerprint density at radius 2 is 1.86 bits per heavy atom. The van der Waals surface area contributed by atoms with Crippen LogP contribution in [0.15, 0.2) is 18.2 Å². The number of fused-ring (bicyclic) bond motifs is 1. The number of hydrogen-bond acceptors (Lipinski definition) is 7. The molecule has 1 aromatic heterocycles. The maximum absolute atomic E-state index is 12.9. The average molecular weight is 497 g/mol. The van der Waals surface area contributed by atoms with Crippen molar-refractivity contribution in [2.75, 3.05) is 38.1 Å². The molecule has 0 radical (unpaired) electrons. The van der Waals surface area contributed by atoms with Gasteiger partial charge in [0.25, 0.3) is 11.8 Å². The van der Waals surface area contributed by atoms with Crippen LogP contribution in [-0.4, -0.2) is 66.4 Å². The van der Waals surface area contributed by atoms with E-state index in [2.05, 4.69) is 39.1 Å². The Kier molecular flexibility index (Phi) is 8.65. The number of H-pyrrole nitrogens is 1. The number of aryl methyl sites for hydroxylation is 1. The van der Waals surface area contributed by atoms with Gasteiger partial charge in [0.05, 0.1) is 11.1 Å². The van der Waals surface area contributed by atoms with Crippen LogP contribution in [0.25, 0.3) is 11.6 Å². The fraction of sp³-hybridized carbons (Fsp3) is 0.385. The van der Waals surface area contributed by atoms with E-state index in [0.717, 1.165) is 25.2 Å². The number of nitrogens with one attached hydrogen (secondary N) is 3. The van der Waals surface area contributed by atoms with Gasteiger partial charge in [0.1, 0.15) is 5.75 Å². The lowest BCUT2D eigenvalue weighted by atomic mass is 10.0. The lowest BCUT2D eigenvalue weighted by molar-refractivity contribution is -0.152. The van der Waals surface area contributed by atoms with E-state index in [1.807, 2.05) is 13.8 Å². The van der Waals surface area contributed by atoms with Crippen molar-refractivity contribution in [3.05, 3.63) is 46.3 Å². The number of anilines is 1. The van der Waals surface area contributed by atoms with E-state index in [9.17, 15) is 19.2 Å². The van der Waals surface area contributed by atoms with E-state index < -0.39 is 18.5 Å². The Hall–Kier alpha value is -3.92. The number of amides is 2. The zero-order valence-electron chi connectivity index (χ0n) is 21.2. The van der Waals surface area contributed by atoms with Crippen molar-refractivity contribution in [3.8, 4) is 5.75 Å². The summed E-state index contributed by atoms with van der Waals surface area (Å²) in [7, 11) is 0. The van der Waals surface area contributed by atoms with Crippen LogP contribution in [0.2, 0.25) is 0 Å². The minimum absolute atomic E-state index is 0.170. The molecule has 2 aromatic rings. The molecule has 192 valence electrons. The van der Waals surface area contributed by atoms with Crippen molar-refractivity contribution >= 4 is 41.1 Å². The fourth-order valence-corrected chi connectivity index (χ4v) is 4.05. The standard InChI is InChI=1S/C26H32N4O6/c1-6-30(7-2)11-10-27-26(34)24-15(3)22(28-16(24)4)13-20-19-12-18(8-9-21(19)29-25(20)33)36-23(32)14-35-17(5)31/h8-9,12-13,28H,6-7,10-11,14H2,1-5H3,(H,27,34)(H,29,33)/b20-13-. The van der Waals surface area contributed by atoms with Gasteiger partial charge >= 0.3 is 11.9 Å². The first-order valence-electron chi connectivity index (χ1n) is 11.9. The van der Waals surface area contributed by atoms with Gasteiger partial charge in [-0.25, -0.2) is 4.79 Å². The third-order valence-corrected chi connectivity index (χ3v) is 6.00. The summed E-state index contributed by atoms with van der Waals surface area (Å²) >= 11 is 0. The van der Waals surface area contributed by atoms with E-state index in [0.29, 0.717) is 40.3 Å². The third-order valence-electron chi connectivity index (χ3n) is 6.00. The van der Waals surface area contributed by atoms with Gasteiger partial charge < -0.3 is 30.0 Å². The number of nitrogens with zero attached hydrogens (tertiary/aromatic N) is 1. The number of rotatable bonds is 10. The van der Waals surface area contributed by atoms with Gasteiger partial charge in [-0.3, -0.25) is 14.4 Å². The number of esters is 2. The van der Waals surface area contributed by atoms with Crippen LogP contribution in [-0.2, 0) is 19.1 Å². The zero-order valence-corrected chi connectivity index (χ0v) is 21.2. The van der Waals surface area contributed by atoms with Crippen LogP contribution in [0.4, 0.5) is 5.69 Å². The van der Waals surface area contributed by atoms with Crippen LogP contribution < -0.4 is 15.4 Å². The predicted octanol–water partition coefficient (Wildman–Crippen LogP) is 2.66. The Morgan fingerprint density at radius 1 is 1.14 bits per heavy atom. The Morgan fingerprint density at radius 3 is 2.53 bits per heavy atom. The summed E-state index contributed by atoms with van der Waals surface area (Å²) in [4.78, 5) is 53.8. The van der Waals surface area contributed by atoms with Crippen molar-refractivity contribution < 1.29 is 28.7 Å². The molecule has 0 unspecified atom stereocenters. The van der Waals surface area contributed by atoms with Crippen molar-refractivity contribution in [3.63, 3.8) is 0 Å². The predicted molar refractivity (Wildman–Crippen MR) is 136 cm³/mol. The summed E-state index contributed by atoms with van der Waals surface area (Å²) in [5.41, 5.74) is 4.10. The van der Waals surface area contributed by atoms with E-state index in [4.69, 9.17) is 4.74 Å². The first-order valence-corrected chi connectivity index (χ1v) is 11.9. The normalized spacial score (nSPS) is 13.5. The van der Waals surface area contributed by atoms with Gasteiger partial charge in [0.15, 0.2) is 6.61 Å². The molecule has 1 aromatic carbocycles. The fourth-order valence-electron chi connectivity index (χ4n) is 4.05. The van der Waals surface area contributed by atoms with Crippen molar-refractivity contribution in [2.24, 2.45) is 0 Å². The minimum atomic E-state index is -0.736. The molecule has 36 heavy (non-hydrogen) atoms. The first-order chi connectivity index (χ1) is 17.1. The minimum Gasteiger partial charge on any atom is -0.454 e. The summed E-state index contributed by atoms with van der Waals surface area (Å²) in [6.07, 6.45) is 1.68. The molecule has 2 heterocycles. The van der Waals surface area contributed by atoms with Crippen molar-refractivity contribution in [1.29, 1.82) is 0 Å². The summed E-state index contributed by atoms with van der Waals surface area (Å²) in [5, 5.41) is 5.76. The number of benzene rings is 1. The number of carbonyl (C=O) groups excluding carboxylic acids is 4. The topological polar surface area (TPSA) is 130 Å². The lowest BCUT2D eigenvalue weighted by Gasteiger charge is -2.18. The Labute approximate surface area is 210 Å². The van der Waals surface area contributed by atoms with E-state index in [1.165, 1.54) is 6.92 Å². The second-order valence-corrected chi connectivity index (χ2v) is 8.42. The largest absolute Gasteiger partial charge is 0.454 e. The molecule has 0 fully saturated rings. The van der Waals surface area contributed by atoms with Crippen molar-refractivity contribution in [1.82, 2.24) is 15.2 Å². The summed E-state index contributed by atoms with van der Waals surface area (Å²) < 4.78 is 9.87. The van der Waals surface area contributed by atoms with E-state index >= 15 is 0 Å². The molecule has 0 bridgehead atoms. The molecule has 2 amide bonds. The molecule has 1 aliphatic heterocycles. The number of carbonyl (C=O) groups is 4. The van der Waals surface area contributed by atoms with E-state index in [1.54, 1.807) is 24.3 Å². The highest BCUT2D eigenvalue weighted by atomic mass is 16.6. The molecule has 10 nitrogen and oxygen atoms in total. The maximum Gasteiger partial charge on any atom is 0.349 e. The highest BCUT2D eigenvalue weighted by Gasteiger charge is 2.26. The Balaban J connectivity index is 1.81. The summed E-state index contributed by atoms with van der Waals surface area (Å²) in [6.45, 7) is 11.6. The van der Waals surface area contributed by atoms with Crippen LogP contribution in [0, 0.1) is 13.8 Å². The van der Waals surface area contributed by atoms with Crippen molar-refractivity contribution in [2.45, 2.75) is 34.6 Å². The van der Waals surface area contributed by atoms with Gasteiger partial charge in [-0.15, -0.1) is 0 Å². The van der Waals surface area contributed by atoms with Crippen LogP contribution >= 0.6 is 0 Å². The van der Waals surface area contributed by atoms with Crippen LogP contribution in [0.1, 0.15) is 53.6 Å². The second-order valence-electron chi connectivity index (χ2n) is 8.42. The van der Waals surface area contributed by atoms with Gasteiger partial charge in [0, 0.05) is 42.7 Å². The molecule has 0 atom stereocenters. The lowest BCUT2D eigenvalue weighted by Crippen LogP contribution is -2.35. The number of hydrogen-bond donors (Lipinski definition) is 3. The number of aromatic nitrogens is 1. The SMILES string of the molecule is CCN(CC)CCNC(=O)c1c(C)[nH]c(/C=C2\C(=O)Nc3ccc(OC(=O)COC(C)=O)cc32)c1C. The molecule has 10 heteroatoms. The molecule has 1 aliphatic rings. The van der Waals surface area contributed by atoms with E-state index in [-0.39, 0.29) is 17.6 Å². The molecule has 0 spiro atoms. The summed E-state index contributed by atoms with van der Waals surface area (Å²) in [5.74, 6) is -1.60. The molecule has 3 N–H and O–H groups in total. The maximum atomic E-state index is 12.9. The van der Waals surface area contributed by atoms with Gasteiger partial charge in [-0.1, -0.05) is 13.8 Å². The van der Waals surface area contributed by atoms with Crippen LogP contribution in [0.5, 0.6) is 5.75 Å². The molecular weight excluding hydrogens is 464 g/mol. The Bertz CT molecular complexity index is 1210. The monoisotopic (exact) mass is 496 g/mol. The highest BCUT2D eigenvalue weighted by Crippen LogP contribution is 2.36. The molecule has 3 rings (SSSR count). The molecular formula is C26H32N4O6. The quantitative estimate of drug-likeness (QED) is 0.262. The summed E-state index contributed by atoms with van der Waals surface area (Å²) in [6, 6.07) is 4.74. The van der Waals surface area contributed by atoms with Gasteiger partial charge in [0.2, 0.25) is 0 Å². The third kappa shape index (κ3) is 6.19. The van der Waals surface area contributed by atoms with Gasteiger partial charge in [-0.2, -0.15) is 0 Å². The van der Waals surface area contributed by atoms with Crippen LogP contribution in [0.3, 0.4) is 0 Å². The number of likely N-dealkylation sites (N-methyl/N-ethyl adjacent to an activating group) is 1. The zero-order chi connectivity index (χ0) is 26.4. The van der Waals surface area contributed by atoms with Gasteiger partial charge in [-0.05, 0) is 56.8 Å². The average Bonchev–Trinajstić information content (AvgIpc) is 3.29. The molecule has 0 saturated carbocycles. The molecule has 0 aliphatic carbocycles. The number of aromatic amines is 1. The highest BCUT2D eigenvalue weighted by molar-refractivity contribution is 6.35. The number of ether oxygens (including phenoxy) is 2. The molecule has 0 saturated heterocycles. The second kappa shape index (κ2) is 11.7. The smallest absolute Gasteiger partial charge is 0.349 e.